The molecule has 1 atom stereocenters. The quantitative estimate of drug-likeness (QED) is 0.842. The molecule has 0 spiro atoms. The van der Waals surface area contributed by atoms with Crippen molar-refractivity contribution in [2.75, 3.05) is 13.1 Å². The van der Waals surface area contributed by atoms with E-state index in [1.165, 1.54) is 0 Å². The highest BCUT2D eigenvalue weighted by atomic mass is 16.5. The number of rotatable bonds is 6. The first-order valence-electron chi connectivity index (χ1n) is 9.42. The van der Waals surface area contributed by atoms with Gasteiger partial charge in [-0.05, 0) is 42.5 Å². The van der Waals surface area contributed by atoms with Crippen LogP contribution in [0.1, 0.15) is 26.2 Å². The lowest BCUT2D eigenvalue weighted by Gasteiger charge is -2.32. The number of hydrogen-bond acceptors (Lipinski definition) is 3. The van der Waals surface area contributed by atoms with Crippen LogP contribution in [-0.2, 0) is 9.59 Å². The third-order valence-electron chi connectivity index (χ3n) is 5.04. The smallest absolute Gasteiger partial charge is 0.306 e. The third-order valence-corrected chi connectivity index (χ3v) is 5.04. The molecular weight excluding hydrogens is 342 g/mol. The summed E-state index contributed by atoms with van der Waals surface area (Å²) in [6, 6.07) is 17.8. The second kappa shape index (κ2) is 8.71. The summed E-state index contributed by atoms with van der Waals surface area (Å²) in [5, 5.41) is 9.09. The monoisotopic (exact) mass is 367 g/mol. The summed E-state index contributed by atoms with van der Waals surface area (Å²) in [6.07, 6.45) is 1.03. The van der Waals surface area contributed by atoms with E-state index in [1.807, 2.05) is 49.4 Å². The van der Waals surface area contributed by atoms with Gasteiger partial charge in [0.1, 0.15) is 5.75 Å². The molecule has 1 aliphatic rings. The number of piperidine rings is 1. The van der Waals surface area contributed by atoms with Gasteiger partial charge in [-0.3, -0.25) is 9.59 Å². The lowest BCUT2D eigenvalue weighted by molar-refractivity contribution is -0.147. The Morgan fingerprint density at radius 2 is 1.63 bits per heavy atom. The van der Waals surface area contributed by atoms with Crippen LogP contribution in [0.2, 0.25) is 0 Å². The SMILES string of the molecule is CCC(Oc1ccc(-c2ccccc2)cc1)C(=O)N1CCC(C(=O)O)CC1. The van der Waals surface area contributed by atoms with Crippen molar-refractivity contribution in [1.29, 1.82) is 0 Å². The molecule has 1 N–H and O–H groups in total. The van der Waals surface area contributed by atoms with Crippen LogP contribution in [0, 0.1) is 5.92 Å². The molecule has 2 aromatic rings. The Morgan fingerprint density at radius 3 is 2.19 bits per heavy atom. The van der Waals surface area contributed by atoms with Gasteiger partial charge in [0.25, 0.3) is 5.91 Å². The largest absolute Gasteiger partial charge is 0.481 e. The molecule has 5 nitrogen and oxygen atoms in total. The maximum absolute atomic E-state index is 12.8. The van der Waals surface area contributed by atoms with Crippen LogP contribution in [0.15, 0.2) is 54.6 Å². The van der Waals surface area contributed by atoms with Crippen LogP contribution >= 0.6 is 0 Å². The maximum Gasteiger partial charge on any atom is 0.306 e. The Balaban J connectivity index is 1.61. The van der Waals surface area contributed by atoms with Crippen LogP contribution < -0.4 is 4.74 Å². The number of nitrogens with zero attached hydrogens (tertiary/aromatic N) is 1. The zero-order valence-corrected chi connectivity index (χ0v) is 15.5. The average Bonchev–Trinajstić information content (AvgIpc) is 2.72. The van der Waals surface area contributed by atoms with E-state index in [2.05, 4.69) is 12.1 Å². The molecule has 27 heavy (non-hydrogen) atoms. The lowest BCUT2D eigenvalue weighted by Crippen LogP contribution is -2.46. The van der Waals surface area contributed by atoms with Crippen LogP contribution in [0.25, 0.3) is 11.1 Å². The second-order valence-electron chi connectivity index (χ2n) is 6.84. The Bertz CT molecular complexity index is 765. The highest BCUT2D eigenvalue weighted by molar-refractivity contribution is 5.81. The van der Waals surface area contributed by atoms with Crippen molar-refractivity contribution in [3.63, 3.8) is 0 Å². The summed E-state index contributed by atoms with van der Waals surface area (Å²) < 4.78 is 5.94. The zero-order chi connectivity index (χ0) is 19.2. The van der Waals surface area contributed by atoms with Crippen LogP contribution in [-0.4, -0.2) is 41.1 Å². The van der Waals surface area contributed by atoms with E-state index in [0.29, 0.717) is 38.1 Å². The highest BCUT2D eigenvalue weighted by Crippen LogP contribution is 2.24. The minimum atomic E-state index is -0.774. The maximum atomic E-state index is 12.8. The molecule has 1 unspecified atom stereocenters. The lowest BCUT2D eigenvalue weighted by atomic mass is 9.96. The van der Waals surface area contributed by atoms with E-state index in [1.54, 1.807) is 4.90 Å². The van der Waals surface area contributed by atoms with Crippen LogP contribution in [0.3, 0.4) is 0 Å². The number of hydrogen-bond donors (Lipinski definition) is 1. The number of carboxylic acids is 1. The van der Waals surface area contributed by atoms with Gasteiger partial charge in [-0.2, -0.15) is 0 Å². The molecule has 0 saturated carbocycles. The van der Waals surface area contributed by atoms with Gasteiger partial charge in [0.05, 0.1) is 5.92 Å². The summed E-state index contributed by atoms with van der Waals surface area (Å²) >= 11 is 0. The molecule has 2 aromatic carbocycles. The average molecular weight is 367 g/mol. The number of amides is 1. The van der Waals surface area contributed by atoms with Crippen molar-refractivity contribution in [2.45, 2.75) is 32.3 Å². The van der Waals surface area contributed by atoms with E-state index in [4.69, 9.17) is 9.84 Å². The fourth-order valence-electron chi connectivity index (χ4n) is 3.38. The summed E-state index contributed by atoms with van der Waals surface area (Å²) in [4.78, 5) is 25.5. The van der Waals surface area contributed by atoms with Gasteiger partial charge < -0.3 is 14.7 Å². The molecule has 0 radical (unpaired) electrons. The summed E-state index contributed by atoms with van der Waals surface area (Å²) in [7, 11) is 0. The van der Waals surface area contributed by atoms with Gasteiger partial charge in [-0.15, -0.1) is 0 Å². The van der Waals surface area contributed by atoms with Crippen LogP contribution in [0.5, 0.6) is 5.75 Å². The molecule has 1 fully saturated rings. The first kappa shape index (κ1) is 19.0. The molecule has 1 saturated heterocycles. The summed E-state index contributed by atoms with van der Waals surface area (Å²) in [6.45, 7) is 2.87. The summed E-state index contributed by atoms with van der Waals surface area (Å²) in [5.74, 6) is -0.520. The molecule has 0 aromatic heterocycles. The highest BCUT2D eigenvalue weighted by Gasteiger charge is 2.30. The molecule has 0 bridgehead atoms. The molecule has 1 aliphatic heterocycles. The van der Waals surface area contributed by atoms with E-state index in [-0.39, 0.29) is 11.8 Å². The van der Waals surface area contributed by atoms with Crippen molar-refractivity contribution in [3.05, 3.63) is 54.6 Å². The number of carbonyl (C=O) groups excluding carboxylic acids is 1. The first-order valence-corrected chi connectivity index (χ1v) is 9.42. The van der Waals surface area contributed by atoms with E-state index < -0.39 is 12.1 Å². The second-order valence-corrected chi connectivity index (χ2v) is 6.84. The minimum Gasteiger partial charge on any atom is -0.481 e. The van der Waals surface area contributed by atoms with Crippen molar-refractivity contribution >= 4 is 11.9 Å². The van der Waals surface area contributed by atoms with Crippen LogP contribution in [0.4, 0.5) is 0 Å². The normalized spacial score (nSPS) is 16.0. The molecular formula is C22H25NO4. The van der Waals surface area contributed by atoms with E-state index >= 15 is 0 Å². The van der Waals surface area contributed by atoms with Gasteiger partial charge in [-0.1, -0.05) is 49.4 Å². The Morgan fingerprint density at radius 1 is 1.04 bits per heavy atom. The van der Waals surface area contributed by atoms with Crippen molar-refractivity contribution in [1.82, 2.24) is 4.90 Å². The molecule has 1 amide bonds. The third kappa shape index (κ3) is 4.67. The minimum absolute atomic E-state index is 0.0616. The molecule has 5 heteroatoms. The fourth-order valence-corrected chi connectivity index (χ4v) is 3.38. The van der Waals surface area contributed by atoms with Gasteiger partial charge >= 0.3 is 5.97 Å². The van der Waals surface area contributed by atoms with Gasteiger partial charge in [-0.25, -0.2) is 0 Å². The predicted molar refractivity (Wildman–Crippen MR) is 104 cm³/mol. The number of ether oxygens (including phenoxy) is 1. The van der Waals surface area contributed by atoms with Crippen molar-refractivity contribution in [2.24, 2.45) is 5.92 Å². The Kier molecular flexibility index (Phi) is 6.12. The van der Waals surface area contributed by atoms with Crippen molar-refractivity contribution < 1.29 is 19.4 Å². The molecule has 1 heterocycles. The number of carboxylic acid groups (broad SMARTS) is 1. The number of aliphatic carboxylic acids is 1. The van der Waals surface area contributed by atoms with E-state index in [0.717, 1.165) is 11.1 Å². The zero-order valence-electron chi connectivity index (χ0n) is 15.5. The Labute approximate surface area is 159 Å². The van der Waals surface area contributed by atoms with Gasteiger partial charge in [0, 0.05) is 13.1 Å². The fraction of sp³-hybridized carbons (Fsp3) is 0.364. The van der Waals surface area contributed by atoms with Gasteiger partial charge in [0.15, 0.2) is 6.10 Å². The standard InChI is InChI=1S/C22H25NO4/c1-2-20(21(24)23-14-12-18(13-15-23)22(25)26)27-19-10-8-17(9-11-19)16-6-4-3-5-7-16/h3-11,18,20H,2,12-15H2,1H3,(H,25,26). The molecule has 142 valence electrons. The number of benzene rings is 2. The predicted octanol–water partition coefficient (Wildman–Crippen LogP) is 3.83. The van der Waals surface area contributed by atoms with Gasteiger partial charge in [0.2, 0.25) is 0 Å². The first-order chi connectivity index (χ1) is 13.1. The van der Waals surface area contributed by atoms with Crippen molar-refractivity contribution in [3.8, 4) is 16.9 Å². The van der Waals surface area contributed by atoms with E-state index in [9.17, 15) is 9.59 Å². The summed E-state index contributed by atoms with van der Waals surface area (Å²) in [5.41, 5.74) is 2.23. The number of carbonyl (C=O) groups is 2. The Hall–Kier alpha value is -2.82. The number of likely N-dealkylation sites (tertiary alicyclic amines) is 1. The molecule has 3 rings (SSSR count). The molecule has 0 aliphatic carbocycles. The topological polar surface area (TPSA) is 66.8 Å².